The van der Waals surface area contributed by atoms with E-state index in [4.69, 9.17) is 0 Å². The molecule has 10 nitrogen and oxygen atoms in total. The molecule has 148 valence electrons. The minimum absolute atomic E-state index is 0.00935. The summed E-state index contributed by atoms with van der Waals surface area (Å²) in [7, 11) is -3.98. The van der Waals surface area contributed by atoms with E-state index in [0.717, 1.165) is 5.56 Å². The second kappa shape index (κ2) is 8.00. The average molecular weight is 406 g/mol. The Kier molecular flexibility index (Phi) is 5.68. The number of piperazine rings is 1. The SMILES string of the molecule is O=[N+]([O-])c1cccc(CN2CCN(S(=O)(=O)c3ccccc3[N+](=O)[O-])CC2)c1. The van der Waals surface area contributed by atoms with E-state index in [1.165, 1.54) is 40.7 Å². The molecule has 0 radical (unpaired) electrons. The van der Waals surface area contributed by atoms with Crippen molar-refractivity contribution in [1.82, 2.24) is 9.21 Å². The van der Waals surface area contributed by atoms with Gasteiger partial charge in [-0.1, -0.05) is 24.3 Å². The van der Waals surface area contributed by atoms with Crippen LogP contribution in [0.3, 0.4) is 0 Å². The Bertz CT molecular complexity index is 1000. The van der Waals surface area contributed by atoms with Gasteiger partial charge in [-0.15, -0.1) is 0 Å². The second-order valence-corrected chi connectivity index (χ2v) is 8.24. The van der Waals surface area contributed by atoms with E-state index < -0.39 is 25.6 Å². The third-order valence-corrected chi connectivity index (χ3v) is 6.48. The Morgan fingerprint density at radius 3 is 2.21 bits per heavy atom. The molecule has 0 amide bonds. The highest BCUT2D eigenvalue weighted by Gasteiger charge is 2.33. The topological polar surface area (TPSA) is 127 Å². The van der Waals surface area contributed by atoms with Crippen LogP contribution in [0.5, 0.6) is 0 Å². The van der Waals surface area contributed by atoms with Crippen molar-refractivity contribution in [3.8, 4) is 0 Å². The minimum atomic E-state index is -3.98. The van der Waals surface area contributed by atoms with Gasteiger partial charge >= 0.3 is 0 Å². The molecule has 0 aromatic heterocycles. The summed E-state index contributed by atoms with van der Waals surface area (Å²) in [6.07, 6.45) is 0. The van der Waals surface area contributed by atoms with Crippen LogP contribution in [0.25, 0.3) is 0 Å². The van der Waals surface area contributed by atoms with Crippen molar-refractivity contribution in [2.24, 2.45) is 0 Å². The van der Waals surface area contributed by atoms with Gasteiger partial charge in [0.2, 0.25) is 10.0 Å². The van der Waals surface area contributed by atoms with Gasteiger partial charge < -0.3 is 0 Å². The maximum Gasteiger partial charge on any atom is 0.289 e. The van der Waals surface area contributed by atoms with E-state index in [-0.39, 0.29) is 23.7 Å². The van der Waals surface area contributed by atoms with E-state index in [2.05, 4.69) is 0 Å². The Morgan fingerprint density at radius 2 is 1.57 bits per heavy atom. The van der Waals surface area contributed by atoms with Crippen LogP contribution in [0.1, 0.15) is 5.56 Å². The lowest BCUT2D eigenvalue weighted by Crippen LogP contribution is -2.48. The van der Waals surface area contributed by atoms with Gasteiger partial charge in [-0.05, 0) is 11.6 Å². The van der Waals surface area contributed by atoms with Crippen molar-refractivity contribution in [3.05, 3.63) is 74.3 Å². The number of para-hydroxylation sites is 1. The summed E-state index contributed by atoms with van der Waals surface area (Å²) in [5, 5.41) is 22.0. The first-order valence-corrected chi connectivity index (χ1v) is 9.92. The van der Waals surface area contributed by atoms with Crippen molar-refractivity contribution in [2.45, 2.75) is 11.4 Å². The van der Waals surface area contributed by atoms with Crippen LogP contribution in [0, 0.1) is 20.2 Å². The standard InChI is InChI=1S/C17H18N4O6S/c22-20(23)15-5-3-4-14(12-15)13-18-8-10-19(11-9-18)28(26,27)17-7-2-1-6-16(17)21(24)25/h1-7,12H,8-11,13H2. The predicted octanol–water partition coefficient (Wildman–Crippen LogP) is 2.01. The molecule has 0 saturated carbocycles. The second-order valence-electron chi connectivity index (χ2n) is 6.33. The maximum atomic E-state index is 12.8. The molecule has 1 aliphatic heterocycles. The zero-order chi connectivity index (χ0) is 20.3. The van der Waals surface area contributed by atoms with Gasteiger partial charge in [-0.25, -0.2) is 8.42 Å². The van der Waals surface area contributed by atoms with Crippen molar-refractivity contribution in [1.29, 1.82) is 0 Å². The summed E-state index contributed by atoms with van der Waals surface area (Å²) in [4.78, 5) is 22.5. The van der Waals surface area contributed by atoms with Gasteiger partial charge in [0.05, 0.1) is 9.85 Å². The number of nitro groups is 2. The first-order chi connectivity index (χ1) is 13.3. The van der Waals surface area contributed by atoms with Gasteiger partial charge in [0.1, 0.15) is 0 Å². The summed E-state index contributed by atoms with van der Waals surface area (Å²) in [5.41, 5.74) is 0.334. The monoisotopic (exact) mass is 406 g/mol. The molecule has 3 rings (SSSR count). The highest BCUT2D eigenvalue weighted by Crippen LogP contribution is 2.27. The van der Waals surface area contributed by atoms with Crippen molar-refractivity contribution in [2.75, 3.05) is 26.2 Å². The lowest BCUT2D eigenvalue weighted by molar-refractivity contribution is -0.387. The molecule has 1 saturated heterocycles. The van der Waals surface area contributed by atoms with Crippen LogP contribution in [0.2, 0.25) is 0 Å². The first kappa shape index (κ1) is 19.9. The number of sulfonamides is 1. The number of hydrogen-bond donors (Lipinski definition) is 0. The Balaban J connectivity index is 1.69. The van der Waals surface area contributed by atoms with Crippen molar-refractivity contribution < 1.29 is 18.3 Å². The summed E-state index contributed by atoms with van der Waals surface area (Å²) >= 11 is 0. The molecule has 0 aliphatic carbocycles. The number of benzene rings is 2. The van der Waals surface area contributed by atoms with Gasteiger partial charge in [-0.3, -0.25) is 25.1 Å². The Labute approximate surface area is 161 Å². The summed E-state index contributed by atoms with van der Waals surface area (Å²) in [6.45, 7) is 1.67. The van der Waals surface area contributed by atoms with E-state index in [1.807, 2.05) is 4.90 Å². The third kappa shape index (κ3) is 4.16. The lowest BCUT2D eigenvalue weighted by Gasteiger charge is -2.33. The van der Waals surface area contributed by atoms with Crippen LogP contribution in [-0.2, 0) is 16.6 Å². The van der Waals surface area contributed by atoms with E-state index in [0.29, 0.717) is 19.6 Å². The third-order valence-electron chi connectivity index (χ3n) is 4.54. The van der Waals surface area contributed by atoms with Crippen LogP contribution < -0.4 is 0 Å². The summed E-state index contributed by atoms with van der Waals surface area (Å²) in [5.74, 6) is 0. The van der Waals surface area contributed by atoms with Crippen molar-refractivity contribution >= 4 is 21.4 Å². The van der Waals surface area contributed by atoms with Crippen LogP contribution in [0.4, 0.5) is 11.4 Å². The molecule has 2 aromatic rings. The highest BCUT2D eigenvalue weighted by molar-refractivity contribution is 7.89. The molecule has 0 N–H and O–H groups in total. The molecule has 0 unspecified atom stereocenters. The van der Waals surface area contributed by atoms with E-state index in [9.17, 15) is 28.6 Å². The molecule has 0 spiro atoms. The summed E-state index contributed by atoms with van der Waals surface area (Å²) < 4.78 is 26.9. The molecule has 1 aliphatic rings. The van der Waals surface area contributed by atoms with Crippen LogP contribution in [0.15, 0.2) is 53.4 Å². The van der Waals surface area contributed by atoms with Crippen molar-refractivity contribution in [3.63, 3.8) is 0 Å². The molecule has 28 heavy (non-hydrogen) atoms. The lowest BCUT2D eigenvalue weighted by atomic mass is 10.2. The molecule has 2 aromatic carbocycles. The number of non-ortho nitro benzene ring substituents is 1. The van der Waals surface area contributed by atoms with Gasteiger partial charge in [-0.2, -0.15) is 4.31 Å². The van der Waals surface area contributed by atoms with Gasteiger partial charge in [0.15, 0.2) is 4.90 Å². The fourth-order valence-corrected chi connectivity index (χ4v) is 4.70. The predicted molar refractivity (Wildman–Crippen MR) is 100 cm³/mol. The minimum Gasteiger partial charge on any atom is -0.296 e. The Morgan fingerprint density at radius 1 is 0.893 bits per heavy atom. The molecular formula is C17H18N4O6S. The van der Waals surface area contributed by atoms with E-state index in [1.54, 1.807) is 12.1 Å². The van der Waals surface area contributed by atoms with E-state index >= 15 is 0 Å². The fourth-order valence-electron chi connectivity index (χ4n) is 3.12. The molecular weight excluding hydrogens is 388 g/mol. The smallest absolute Gasteiger partial charge is 0.289 e. The molecule has 1 fully saturated rings. The number of nitrogens with zero attached hydrogens (tertiary/aromatic N) is 4. The Hall–Kier alpha value is -2.89. The van der Waals surface area contributed by atoms with Crippen LogP contribution >= 0.6 is 0 Å². The largest absolute Gasteiger partial charge is 0.296 e. The first-order valence-electron chi connectivity index (χ1n) is 8.48. The zero-order valence-electron chi connectivity index (χ0n) is 14.8. The highest BCUT2D eigenvalue weighted by atomic mass is 32.2. The summed E-state index contributed by atoms with van der Waals surface area (Å²) in [6, 6.07) is 11.6. The molecule has 0 atom stereocenters. The molecule has 1 heterocycles. The van der Waals surface area contributed by atoms with Crippen LogP contribution in [-0.4, -0.2) is 53.6 Å². The normalized spacial score (nSPS) is 16.0. The average Bonchev–Trinajstić information content (AvgIpc) is 2.68. The molecule has 0 bridgehead atoms. The number of hydrogen-bond acceptors (Lipinski definition) is 7. The quantitative estimate of drug-likeness (QED) is 0.530. The van der Waals surface area contributed by atoms with Gasteiger partial charge in [0.25, 0.3) is 11.4 Å². The van der Waals surface area contributed by atoms with Gasteiger partial charge in [0, 0.05) is 50.9 Å². The zero-order valence-corrected chi connectivity index (χ0v) is 15.6. The number of rotatable bonds is 6. The molecule has 11 heteroatoms. The maximum absolute atomic E-state index is 12.8. The number of nitro benzene ring substituents is 2. The fraction of sp³-hybridized carbons (Fsp3) is 0.294.